The van der Waals surface area contributed by atoms with Crippen molar-refractivity contribution in [2.45, 2.75) is 26.2 Å². The number of benzene rings is 1. The Bertz CT molecular complexity index is 733. The van der Waals surface area contributed by atoms with Crippen molar-refractivity contribution in [2.24, 2.45) is 5.41 Å². The number of hydrogen-bond donors (Lipinski definition) is 1. The summed E-state index contributed by atoms with van der Waals surface area (Å²) in [6.07, 6.45) is 2.00. The Labute approximate surface area is 147 Å². The normalized spacial score (nSPS) is 23.2. The summed E-state index contributed by atoms with van der Waals surface area (Å²) in [4.78, 5) is 13.0. The number of nitriles is 1. The van der Waals surface area contributed by atoms with Gasteiger partial charge < -0.3 is 10.1 Å². The Morgan fingerprint density at radius 3 is 2.71 bits per heavy atom. The Morgan fingerprint density at radius 1 is 1.50 bits per heavy atom. The number of nitrogens with one attached hydrogen (secondary N) is 1. The smallest absolute Gasteiger partial charge is 0.336 e. The zero-order valence-corrected chi connectivity index (χ0v) is 14.7. The lowest BCUT2D eigenvalue weighted by Gasteiger charge is -2.41. The van der Waals surface area contributed by atoms with E-state index in [1.807, 2.05) is 30.3 Å². The van der Waals surface area contributed by atoms with Crippen molar-refractivity contribution >= 4 is 23.2 Å². The molecule has 1 aliphatic heterocycles. The number of ether oxygens (including phenoxy) is 1. The van der Waals surface area contributed by atoms with Crippen LogP contribution in [0, 0.1) is 16.7 Å². The van der Waals surface area contributed by atoms with E-state index in [-0.39, 0.29) is 6.61 Å². The molecule has 0 amide bonds. The quantitative estimate of drug-likeness (QED) is 0.504. The molecule has 124 valence electrons. The van der Waals surface area contributed by atoms with Gasteiger partial charge >= 0.3 is 5.97 Å². The van der Waals surface area contributed by atoms with Crippen LogP contribution >= 0.6 is 12.2 Å². The van der Waals surface area contributed by atoms with Crippen LogP contribution in [-0.2, 0) is 9.53 Å². The minimum atomic E-state index is -1.07. The van der Waals surface area contributed by atoms with Gasteiger partial charge in [-0.2, -0.15) is 5.26 Å². The van der Waals surface area contributed by atoms with Gasteiger partial charge in [-0.1, -0.05) is 48.6 Å². The van der Waals surface area contributed by atoms with Crippen molar-refractivity contribution in [2.75, 3.05) is 6.61 Å². The van der Waals surface area contributed by atoms with E-state index >= 15 is 0 Å². The highest BCUT2D eigenvalue weighted by atomic mass is 32.1. The largest absolute Gasteiger partial charge is 0.463 e. The van der Waals surface area contributed by atoms with Gasteiger partial charge in [0.15, 0.2) is 0 Å². The van der Waals surface area contributed by atoms with Gasteiger partial charge in [-0.25, -0.2) is 4.79 Å². The van der Waals surface area contributed by atoms with Crippen LogP contribution in [0.15, 0.2) is 54.3 Å². The second-order valence-corrected chi connectivity index (χ2v) is 6.04. The van der Waals surface area contributed by atoms with E-state index in [4.69, 9.17) is 17.0 Å². The van der Waals surface area contributed by atoms with Crippen molar-refractivity contribution in [3.8, 4) is 6.07 Å². The number of allylic oxidation sites excluding steroid dienone is 2. The summed E-state index contributed by atoms with van der Waals surface area (Å²) in [6, 6.07) is 11.8. The molecular weight excluding hydrogens is 320 g/mol. The van der Waals surface area contributed by atoms with Crippen LogP contribution in [0.3, 0.4) is 0 Å². The van der Waals surface area contributed by atoms with E-state index in [1.54, 1.807) is 19.9 Å². The molecule has 2 rings (SSSR count). The topological polar surface area (TPSA) is 62.1 Å². The summed E-state index contributed by atoms with van der Waals surface area (Å²) in [5.41, 5.74) is 0.856. The molecular formula is C19H20N2O2S. The first-order chi connectivity index (χ1) is 11.5. The van der Waals surface area contributed by atoms with Gasteiger partial charge in [-0.3, -0.25) is 0 Å². The Morgan fingerprint density at radius 2 is 2.17 bits per heavy atom. The highest BCUT2D eigenvalue weighted by Gasteiger charge is 2.50. The molecule has 0 aromatic heterocycles. The predicted octanol–water partition coefficient (Wildman–Crippen LogP) is 3.62. The van der Waals surface area contributed by atoms with Gasteiger partial charge in [0.05, 0.1) is 18.2 Å². The Balaban J connectivity index is 2.73. The Hall–Kier alpha value is -2.45. The monoisotopic (exact) mass is 340 g/mol. The van der Waals surface area contributed by atoms with Crippen molar-refractivity contribution in [3.05, 3.63) is 59.8 Å². The van der Waals surface area contributed by atoms with Gasteiger partial charge in [0.25, 0.3) is 0 Å². The van der Waals surface area contributed by atoms with Crippen LogP contribution in [0.4, 0.5) is 0 Å². The maximum absolute atomic E-state index is 12.6. The van der Waals surface area contributed by atoms with Crippen LogP contribution in [-0.4, -0.2) is 17.6 Å². The van der Waals surface area contributed by atoms with Crippen LogP contribution in [0.1, 0.15) is 31.7 Å². The van der Waals surface area contributed by atoms with Crippen LogP contribution in [0.5, 0.6) is 0 Å². The maximum atomic E-state index is 12.6. The molecule has 1 aromatic carbocycles. The van der Waals surface area contributed by atoms with Crippen LogP contribution in [0.2, 0.25) is 0 Å². The highest BCUT2D eigenvalue weighted by Crippen LogP contribution is 2.48. The first-order valence-electron chi connectivity index (χ1n) is 7.78. The third-order valence-corrected chi connectivity index (χ3v) is 4.65. The molecule has 1 heterocycles. The van der Waals surface area contributed by atoms with E-state index in [0.717, 1.165) is 5.56 Å². The molecule has 0 saturated carbocycles. The average Bonchev–Trinajstić information content (AvgIpc) is 2.58. The fraction of sp³-hybridized carbons (Fsp3) is 0.316. The van der Waals surface area contributed by atoms with Crippen LogP contribution < -0.4 is 5.32 Å². The number of hydrogen-bond acceptors (Lipinski definition) is 4. The molecule has 0 fully saturated rings. The molecule has 24 heavy (non-hydrogen) atoms. The molecule has 1 N–H and O–H groups in total. The first-order valence-corrected chi connectivity index (χ1v) is 8.19. The van der Waals surface area contributed by atoms with Crippen LogP contribution in [0.25, 0.3) is 0 Å². The van der Waals surface area contributed by atoms with E-state index < -0.39 is 17.3 Å². The van der Waals surface area contributed by atoms with Gasteiger partial charge in [0.2, 0.25) is 0 Å². The first kappa shape index (κ1) is 17.9. The fourth-order valence-corrected chi connectivity index (χ4v) is 3.52. The summed E-state index contributed by atoms with van der Waals surface area (Å²) in [5, 5.41) is 13.0. The SMILES string of the molecule is C=CC[C@]1(C#N)C(=S)NC(C)=C(C(=O)OCC)[C@H]1c1ccccc1. The van der Waals surface area contributed by atoms with Crippen molar-refractivity contribution < 1.29 is 9.53 Å². The second kappa shape index (κ2) is 7.41. The summed E-state index contributed by atoms with van der Waals surface area (Å²) in [6.45, 7) is 7.57. The molecule has 1 aliphatic rings. The number of carbonyl (C=O) groups excluding carboxylic acids is 1. The molecule has 0 unspecified atom stereocenters. The summed E-state index contributed by atoms with van der Waals surface area (Å²) >= 11 is 5.49. The van der Waals surface area contributed by atoms with E-state index in [0.29, 0.717) is 22.7 Å². The molecule has 0 aliphatic carbocycles. The van der Waals surface area contributed by atoms with E-state index in [9.17, 15) is 10.1 Å². The Kier molecular flexibility index (Phi) is 5.53. The van der Waals surface area contributed by atoms with Crippen molar-refractivity contribution in [1.82, 2.24) is 5.32 Å². The number of nitrogens with zero attached hydrogens (tertiary/aromatic N) is 1. The van der Waals surface area contributed by atoms with Crippen molar-refractivity contribution in [3.63, 3.8) is 0 Å². The van der Waals surface area contributed by atoms with Gasteiger partial charge in [0, 0.05) is 11.6 Å². The standard InChI is InChI=1S/C19H20N2O2S/c1-4-11-19(12-20)16(14-9-7-6-8-10-14)15(17(22)23-5-2)13(3)21-18(19)24/h4,6-10,16H,1,5,11H2,2-3H3,(H,21,24)/t16-,19-/m1/s1. The minimum absolute atomic E-state index is 0.266. The van der Waals surface area contributed by atoms with Gasteiger partial charge in [-0.05, 0) is 25.8 Å². The average molecular weight is 340 g/mol. The van der Waals surface area contributed by atoms with Crippen molar-refractivity contribution in [1.29, 1.82) is 5.26 Å². The molecule has 0 radical (unpaired) electrons. The molecule has 0 spiro atoms. The zero-order chi connectivity index (χ0) is 17.7. The molecule has 2 atom stereocenters. The minimum Gasteiger partial charge on any atom is -0.463 e. The lowest BCUT2D eigenvalue weighted by Crippen LogP contribution is -2.48. The summed E-state index contributed by atoms with van der Waals surface area (Å²) in [7, 11) is 0. The van der Waals surface area contributed by atoms with Gasteiger partial charge in [-0.15, -0.1) is 6.58 Å². The number of carbonyl (C=O) groups is 1. The van der Waals surface area contributed by atoms with E-state index in [2.05, 4.69) is 18.0 Å². The lowest BCUT2D eigenvalue weighted by molar-refractivity contribution is -0.139. The molecule has 0 bridgehead atoms. The predicted molar refractivity (Wildman–Crippen MR) is 97.1 cm³/mol. The molecule has 5 heteroatoms. The lowest BCUT2D eigenvalue weighted by atomic mass is 9.65. The molecule has 0 saturated heterocycles. The second-order valence-electron chi connectivity index (χ2n) is 5.63. The molecule has 1 aromatic rings. The number of esters is 1. The highest BCUT2D eigenvalue weighted by molar-refractivity contribution is 7.80. The number of rotatable bonds is 5. The van der Waals surface area contributed by atoms with Gasteiger partial charge in [0.1, 0.15) is 10.4 Å². The third-order valence-electron chi connectivity index (χ3n) is 4.19. The summed E-state index contributed by atoms with van der Waals surface area (Å²) < 4.78 is 5.24. The third kappa shape index (κ3) is 2.98. The summed E-state index contributed by atoms with van der Waals surface area (Å²) in [5.74, 6) is -0.933. The zero-order valence-electron chi connectivity index (χ0n) is 13.8. The molecule has 4 nitrogen and oxygen atoms in total. The number of thiocarbonyl (C=S) groups is 1. The van der Waals surface area contributed by atoms with E-state index in [1.165, 1.54) is 0 Å². The fourth-order valence-electron chi connectivity index (χ4n) is 3.12. The maximum Gasteiger partial charge on any atom is 0.336 e.